The third kappa shape index (κ3) is 11.6. The van der Waals surface area contributed by atoms with Crippen LogP contribution in [0.4, 0.5) is 17.1 Å². The zero-order chi connectivity index (χ0) is 39.0. The third-order valence-corrected chi connectivity index (χ3v) is 10.0. The van der Waals surface area contributed by atoms with E-state index in [1.165, 1.54) is 62.4 Å². The second-order valence-electron chi connectivity index (χ2n) is 14.7. The Bertz CT molecular complexity index is 1950. The largest absolute Gasteiger partial charge is 0.462 e. The fraction of sp³-hybridized carbons (Fsp3) is 0.489. The maximum Gasteiger partial charge on any atom is 0.338 e. The van der Waals surface area contributed by atoms with Gasteiger partial charge in [0.1, 0.15) is 0 Å². The van der Waals surface area contributed by atoms with Crippen LogP contribution in [0.15, 0.2) is 70.5 Å². The number of esters is 1. The quantitative estimate of drug-likeness (QED) is 0.0519. The fourth-order valence-corrected chi connectivity index (χ4v) is 6.56. The highest BCUT2D eigenvalue weighted by Crippen LogP contribution is 2.27. The number of nitrogens with one attached hydrogen (secondary N) is 1. The molecular weight excluding hydrogens is 675 g/mol. The number of rotatable bonds is 21. The molecule has 0 saturated carbocycles. The Kier molecular flexibility index (Phi) is 16.5. The number of aryl methyl sites for hydroxylation is 2. The SMILES string of the molecule is CCCCCCCCCCCCCCOC(=O)c1ccc(C)c(NC(=O)C(=Nc2ccc(N(C)CC)cc2C)c2nc3ccccc3c(=O)n2C(C)C)c1. The van der Waals surface area contributed by atoms with Crippen molar-refractivity contribution >= 4 is 45.6 Å². The second kappa shape index (κ2) is 21.2. The normalized spacial score (nSPS) is 11.7. The van der Waals surface area contributed by atoms with E-state index in [4.69, 9.17) is 14.7 Å². The number of aromatic nitrogens is 2. The average Bonchev–Trinajstić information content (AvgIpc) is 3.16. The Morgan fingerprint density at radius 3 is 2.11 bits per heavy atom. The molecule has 0 unspecified atom stereocenters. The molecule has 0 aliphatic rings. The van der Waals surface area contributed by atoms with Crippen molar-refractivity contribution in [3.8, 4) is 0 Å². The number of anilines is 2. The molecule has 290 valence electrons. The van der Waals surface area contributed by atoms with Crippen LogP contribution >= 0.6 is 0 Å². The minimum atomic E-state index is -0.550. The zero-order valence-electron chi connectivity index (χ0n) is 33.7. The van der Waals surface area contributed by atoms with Crippen molar-refractivity contribution in [2.45, 2.75) is 125 Å². The predicted molar refractivity (Wildman–Crippen MR) is 224 cm³/mol. The lowest BCUT2D eigenvalue weighted by molar-refractivity contribution is -0.110. The molecule has 1 aromatic heterocycles. The number of hydrogen-bond acceptors (Lipinski definition) is 7. The molecule has 0 aliphatic heterocycles. The lowest BCUT2D eigenvalue weighted by atomic mass is 10.1. The highest BCUT2D eigenvalue weighted by Gasteiger charge is 2.25. The lowest BCUT2D eigenvalue weighted by Crippen LogP contribution is -2.34. The first-order chi connectivity index (χ1) is 26.0. The van der Waals surface area contributed by atoms with Gasteiger partial charge in [0.05, 0.1) is 28.8 Å². The lowest BCUT2D eigenvalue weighted by Gasteiger charge is -2.20. The van der Waals surface area contributed by atoms with Crippen LogP contribution in [-0.4, -0.2) is 47.3 Å². The molecule has 0 atom stereocenters. The monoisotopic (exact) mass is 735 g/mol. The molecule has 0 spiro atoms. The van der Waals surface area contributed by atoms with Gasteiger partial charge in [-0.2, -0.15) is 0 Å². The standard InChI is InChI=1S/C45H61N5O4/c1-8-10-11-12-13-14-15-16-17-18-19-22-29-54-45(53)35-26-25-33(5)40(31-35)48-43(51)41(46-38-28-27-36(30-34(38)6)49(7)9-2)42-47-39-24-21-20-23-37(39)44(52)50(42)32(3)4/h20-21,23-28,30-32H,8-19,22,29H2,1-7H3,(H,48,51). The number of amides is 1. The summed E-state index contributed by atoms with van der Waals surface area (Å²) < 4.78 is 7.15. The molecule has 0 aliphatic carbocycles. The van der Waals surface area contributed by atoms with E-state index < -0.39 is 11.9 Å². The molecule has 1 N–H and O–H groups in total. The Balaban J connectivity index is 1.51. The molecule has 4 rings (SSSR count). The van der Waals surface area contributed by atoms with Crippen molar-refractivity contribution in [2.24, 2.45) is 4.99 Å². The Hall–Kier alpha value is -4.79. The van der Waals surface area contributed by atoms with Crippen LogP contribution in [0.3, 0.4) is 0 Å². The molecule has 9 heteroatoms. The number of carbonyl (C=O) groups is 2. The highest BCUT2D eigenvalue weighted by molar-refractivity contribution is 6.48. The van der Waals surface area contributed by atoms with E-state index in [2.05, 4.69) is 24.1 Å². The first-order valence-electron chi connectivity index (χ1n) is 20.1. The molecule has 0 radical (unpaired) electrons. The number of nitrogens with zero attached hydrogens (tertiary/aromatic N) is 4. The third-order valence-electron chi connectivity index (χ3n) is 10.0. The molecule has 0 fully saturated rings. The van der Waals surface area contributed by atoms with Crippen molar-refractivity contribution in [3.63, 3.8) is 0 Å². The maximum absolute atomic E-state index is 14.4. The van der Waals surface area contributed by atoms with Gasteiger partial charge < -0.3 is 15.0 Å². The number of aliphatic imine (C=N–C) groups is 1. The summed E-state index contributed by atoms with van der Waals surface area (Å²) in [7, 11) is 2.02. The predicted octanol–water partition coefficient (Wildman–Crippen LogP) is 10.7. The molecule has 0 bridgehead atoms. The highest BCUT2D eigenvalue weighted by atomic mass is 16.5. The summed E-state index contributed by atoms with van der Waals surface area (Å²) in [5.41, 5.74) is 4.25. The summed E-state index contributed by atoms with van der Waals surface area (Å²) in [4.78, 5) is 53.2. The van der Waals surface area contributed by atoms with Crippen molar-refractivity contribution in [2.75, 3.05) is 30.4 Å². The van der Waals surface area contributed by atoms with Crippen LogP contribution in [0.25, 0.3) is 10.9 Å². The molecule has 3 aromatic carbocycles. The summed E-state index contributed by atoms with van der Waals surface area (Å²) in [6, 6.07) is 17.8. The molecular formula is C45H61N5O4. The molecule has 9 nitrogen and oxygen atoms in total. The van der Waals surface area contributed by atoms with Gasteiger partial charge in [0.2, 0.25) is 0 Å². The number of hydrogen-bond donors (Lipinski definition) is 1. The number of benzene rings is 3. The van der Waals surface area contributed by atoms with Gasteiger partial charge in [0.25, 0.3) is 11.5 Å². The Labute approximate surface area is 322 Å². The van der Waals surface area contributed by atoms with Gasteiger partial charge in [0.15, 0.2) is 11.5 Å². The van der Waals surface area contributed by atoms with Gasteiger partial charge in [-0.15, -0.1) is 0 Å². The number of carbonyl (C=O) groups excluding carboxylic acids is 2. The van der Waals surface area contributed by atoms with E-state index in [1.54, 1.807) is 36.4 Å². The van der Waals surface area contributed by atoms with E-state index in [9.17, 15) is 14.4 Å². The van der Waals surface area contributed by atoms with Gasteiger partial charge in [-0.1, -0.05) is 95.8 Å². The fourth-order valence-electron chi connectivity index (χ4n) is 6.56. The Morgan fingerprint density at radius 2 is 1.48 bits per heavy atom. The summed E-state index contributed by atoms with van der Waals surface area (Å²) in [5.74, 6) is -0.818. The molecule has 4 aromatic rings. The van der Waals surface area contributed by atoms with E-state index >= 15 is 0 Å². The summed E-state index contributed by atoms with van der Waals surface area (Å²) >= 11 is 0. The number of fused-ring (bicyclic) bond motifs is 1. The molecule has 1 heterocycles. The summed E-state index contributed by atoms with van der Waals surface area (Å²) in [6.45, 7) is 13.1. The zero-order valence-corrected chi connectivity index (χ0v) is 33.7. The van der Waals surface area contributed by atoms with Gasteiger partial charge >= 0.3 is 5.97 Å². The molecule has 0 saturated heterocycles. The minimum absolute atomic E-state index is 0.00870. The number of para-hydroxylation sites is 1. The van der Waals surface area contributed by atoms with Crippen LogP contribution in [0.5, 0.6) is 0 Å². The van der Waals surface area contributed by atoms with Crippen LogP contribution in [0.2, 0.25) is 0 Å². The first kappa shape index (κ1) is 42.0. The van der Waals surface area contributed by atoms with Crippen LogP contribution < -0.4 is 15.8 Å². The summed E-state index contributed by atoms with van der Waals surface area (Å²) in [5, 5.41) is 3.45. The number of unbranched alkanes of at least 4 members (excludes halogenated alkanes) is 11. The average molecular weight is 736 g/mol. The van der Waals surface area contributed by atoms with Crippen molar-refractivity contribution < 1.29 is 14.3 Å². The smallest absolute Gasteiger partial charge is 0.338 e. The van der Waals surface area contributed by atoms with Gasteiger partial charge in [-0.3, -0.25) is 14.2 Å². The maximum atomic E-state index is 14.4. The molecule has 1 amide bonds. The summed E-state index contributed by atoms with van der Waals surface area (Å²) in [6.07, 6.45) is 14.8. The Morgan fingerprint density at radius 1 is 0.833 bits per heavy atom. The van der Waals surface area contributed by atoms with E-state index in [-0.39, 0.29) is 23.1 Å². The van der Waals surface area contributed by atoms with E-state index in [1.807, 2.05) is 59.0 Å². The van der Waals surface area contributed by atoms with Crippen molar-refractivity contribution in [3.05, 3.63) is 93.5 Å². The van der Waals surface area contributed by atoms with Crippen LogP contribution in [0, 0.1) is 13.8 Å². The van der Waals surface area contributed by atoms with E-state index in [0.29, 0.717) is 34.4 Å². The number of ether oxygens (including phenoxy) is 1. The van der Waals surface area contributed by atoms with E-state index in [0.717, 1.165) is 42.6 Å². The van der Waals surface area contributed by atoms with Gasteiger partial charge in [-0.05, 0) is 94.6 Å². The van der Waals surface area contributed by atoms with Gasteiger partial charge in [0, 0.05) is 31.0 Å². The topological polar surface area (TPSA) is 106 Å². The first-order valence-corrected chi connectivity index (χ1v) is 20.1. The van der Waals surface area contributed by atoms with Crippen LogP contribution in [0.1, 0.15) is 138 Å². The minimum Gasteiger partial charge on any atom is -0.462 e. The van der Waals surface area contributed by atoms with Gasteiger partial charge in [-0.25, -0.2) is 14.8 Å². The van der Waals surface area contributed by atoms with Crippen LogP contribution in [-0.2, 0) is 9.53 Å². The molecule has 54 heavy (non-hydrogen) atoms. The van der Waals surface area contributed by atoms with Crippen molar-refractivity contribution in [1.29, 1.82) is 0 Å². The second-order valence-corrected chi connectivity index (χ2v) is 14.7. The van der Waals surface area contributed by atoms with Crippen molar-refractivity contribution in [1.82, 2.24) is 9.55 Å².